The molecule has 0 amide bonds. The fraction of sp³-hybridized carbons (Fsp3) is 0.538. The Labute approximate surface area is 102 Å². The third kappa shape index (κ3) is 2.89. The molecular formula is C13H18ClNO. The number of benzene rings is 1. The Balaban J connectivity index is 1.87. The summed E-state index contributed by atoms with van der Waals surface area (Å²) in [6, 6.07) is 7.94. The molecule has 1 aliphatic carbocycles. The van der Waals surface area contributed by atoms with Crippen LogP contribution in [-0.4, -0.2) is 17.0 Å². The predicted octanol–water partition coefficient (Wildman–Crippen LogP) is 2.89. The Hall–Kier alpha value is -0.730. The van der Waals surface area contributed by atoms with E-state index in [4.69, 9.17) is 11.6 Å². The minimum Gasteiger partial charge on any atom is -0.508 e. The van der Waals surface area contributed by atoms with Crippen molar-refractivity contribution in [3.05, 3.63) is 29.8 Å². The van der Waals surface area contributed by atoms with Crippen LogP contribution in [0.15, 0.2) is 24.3 Å². The smallest absolute Gasteiger partial charge is 0.115 e. The molecule has 1 aromatic rings. The van der Waals surface area contributed by atoms with E-state index in [1.807, 2.05) is 12.1 Å². The van der Waals surface area contributed by atoms with Crippen LogP contribution < -0.4 is 5.32 Å². The van der Waals surface area contributed by atoms with Gasteiger partial charge in [0.25, 0.3) is 0 Å². The highest BCUT2D eigenvalue weighted by Gasteiger charge is 2.25. The molecular weight excluding hydrogens is 222 g/mol. The fourth-order valence-electron chi connectivity index (χ4n) is 2.41. The summed E-state index contributed by atoms with van der Waals surface area (Å²) in [5.41, 5.74) is 1.13. The van der Waals surface area contributed by atoms with Gasteiger partial charge in [-0.05, 0) is 36.5 Å². The van der Waals surface area contributed by atoms with Crippen molar-refractivity contribution in [2.24, 2.45) is 5.92 Å². The number of hydrogen-bond acceptors (Lipinski definition) is 2. The third-order valence-electron chi connectivity index (χ3n) is 3.34. The zero-order valence-corrected chi connectivity index (χ0v) is 10.1. The van der Waals surface area contributed by atoms with Crippen molar-refractivity contribution in [1.29, 1.82) is 0 Å². The molecule has 2 unspecified atom stereocenters. The molecule has 1 saturated carbocycles. The summed E-state index contributed by atoms with van der Waals surface area (Å²) < 4.78 is 0. The Kier molecular flexibility index (Phi) is 4.08. The van der Waals surface area contributed by atoms with Crippen molar-refractivity contribution in [2.75, 3.05) is 5.88 Å². The van der Waals surface area contributed by atoms with Gasteiger partial charge >= 0.3 is 0 Å². The van der Waals surface area contributed by atoms with Crippen molar-refractivity contribution in [3.63, 3.8) is 0 Å². The third-order valence-corrected chi connectivity index (χ3v) is 3.73. The molecule has 2 nitrogen and oxygen atoms in total. The molecule has 1 aromatic carbocycles. The topological polar surface area (TPSA) is 32.3 Å². The van der Waals surface area contributed by atoms with Gasteiger partial charge in [-0.2, -0.15) is 0 Å². The van der Waals surface area contributed by atoms with Crippen LogP contribution in [0.1, 0.15) is 24.8 Å². The highest BCUT2D eigenvalue weighted by molar-refractivity contribution is 6.18. The lowest BCUT2D eigenvalue weighted by atomic mass is 10.1. The second-order valence-corrected chi connectivity index (χ2v) is 4.81. The Morgan fingerprint density at radius 3 is 3.00 bits per heavy atom. The number of phenols is 1. The second-order valence-electron chi connectivity index (χ2n) is 4.50. The number of hydrogen-bond donors (Lipinski definition) is 2. The average molecular weight is 240 g/mol. The number of alkyl halides is 1. The van der Waals surface area contributed by atoms with Crippen molar-refractivity contribution in [3.8, 4) is 5.75 Å². The maximum Gasteiger partial charge on any atom is 0.115 e. The number of rotatable bonds is 4. The predicted molar refractivity (Wildman–Crippen MR) is 66.8 cm³/mol. The van der Waals surface area contributed by atoms with Crippen molar-refractivity contribution in [2.45, 2.75) is 31.8 Å². The van der Waals surface area contributed by atoms with Crippen LogP contribution in [0.5, 0.6) is 5.75 Å². The van der Waals surface area contributed by atoms with Crippen LogP contribution in [0.2, 0.25) is 0 Å². The van der Waals surface area contributed by atoms with Crippen molar-refractivity contribution in [1.82, 2.24) is 5.32 Å². The normalized spacial score (nSPS) is 24.8. The van der Waals surface area contributed by atoms with E-state index < -0.39 is 0 Å². The SMILES string of the molecule is Oc1cccc(CNC2CCCC2CCl)c1. The molecule has 0 radical (unpaired) electrons. The van der Waals surface area contributed by atoms with Crippen LogP contribution in [0.3, 0.4) is 0 Å². The maximum absolute atomic E-state index is 9.35. The van der Waals surface area contributed by atoms with Crippen molar-refractivity contribution < 1.29 is 5.11 Å². The van der Waals surface area contributed by atoms with Crippen LogP contribution in [0, 0.1) is 5.92 Å². The molecule has 0 heterocycles. The lowest BCUT2D eigenvalue weighted by Crippen LogP contribution is -2.32. The summed E-state index contributed by atoms with van der Waals surface area (Å²) in [6.45, 7) is 0.812. The molecule has 2 N–H and O–H groups in total. The van der Waals surface area contributed by atoms with Gasteiger partial charge in [-0.1, -0.05) is 18.6 Å². The first-order valence-corrected chi connectivity index (χ1v) is 6.40. The Bertz CT molecular complexity index is 342. The molecule has 1 aliphatic rings. The monoisotopic (exact) mass is 239 g/mol. The van der Waals surface area contributed by atoms with Gasteiger partial charge in [-0.15, -0.1) is 11.6 Å². The molecule has 1 fully saturated rings. The number of phenolic OH excluding ortho intramolecular Hbond substituents is 1. The van der Waals surface area contributed by atoms with Gasteiger partial charge in [-0.25, -0.2) is 0 Å². The van der Waals surface area contributed by atoms with E-state index in [9.17, 15) is 5.11 Å². The van der Waals surface area contributed by atoms with Gasteiger partial charge in [0, 0.05) is 18.5 Å². The van der Waals surface area contributed by atoms with Gasteiger partial charge in [0.1, 0.15) is 5.75 Å². The van der Waals surface area contributed by atoms with Crippen molar-refractivity contribution >= 4 is 11.6 Å². The number of aromatic hydroxyl groups is 1. The lowest BCUT2D eigenvalue weighted by molar-refractivity contribution is 0.428. The first-order chi connectivity index (χ1) is 7.79. The zero-order chi connectivity index (χ0) is 11.4. The average Bonchev–Trinajstić information content (AvgIpc) is 2.74. The largest absolute Gasteiger partial charge is 0.508 e. The number of nitrogens with one attached hydrogen (secondary N) is 1. The van der Waals surface area contributed by atoms with E-state index in [0.717, 1.165) is 18.0 Å². The van der Waals surface area contributed by atoms with Crippen LogP contribution in [-0.2, 0) is 6.54 Å². The summed E-state index contributed by atoms with van der Waals surface area (Å²) in [5.74, 6) is 1.69. The highest BCUT2D eigenvalue weighted by atomic mass is 35.5. The summed E-state index contributed by atoms with van der Waals surface area (Å²) in [7, 11) is 0. The lowest BCUT2D eigenvalue weighted by Gasteiger charge is -2.18. The second kappa shape index (κ2) is 5.55. The molecule has 0 saturated heterocycles. The minimum atomic E-state index is 0.333. The van der Waals surface area contributed by atoms with Crippen LogP contribution >= 0.6 is 11.6 Å². The van der Waals surface area contributed by atoms with Crippen LogP contribution in [0.25, 0.3) is 0 Å². The first-order valence-electron chi connectivity index (χ1n) is 5.87. The van der Waals surface area contributed by atoms with Gasteiger partial charge in [0.2, 0.25) is 0 Å². The molecule has 0 bridgehead atoms. The molecule has 3 heteroatoms. The van der Waals surface area contributed by atoms with E-state index in [-0.39, 0.29) is 0 Å². The molecule has 0 aliphatic heterocycles. The summed E-state index contributed by atoms with van der Waals surface area (Å²) in [6.07, 6.45) is 3.73. The zero-order valence-electron chi connectivity index (χ0n) is 9.32. The van der Waals surface area contributed by atoms with Gasteiger partial charge in [-0.3, -0.25) is 0 Å². The summed E-state index contributed by atoms with van der Waals surface area (Å²) in [5, 5.41) is 12.9. The standard InChI is InChI=1S/C13H18ClNO/c14-8-11-4-2-6-13(11)15-9-10-3-1-5-12(16)7-10/h1,3,5,7,11,13,15-16H,2,4,6,8-9H2. The van der Waals surface area contributed by atoms with Gasteiger partial charge < -0.3 is 10.4 Å². The summed E-state index contributed by atoms with van der Waals surface area (Å²) in [4.78, 5) is 0. The quantitative estimate of drug-likeness (QED) is 0.792. The molecule has 2 rings (SSSR count). The fourth-order valence-corrected chi connectivity index (χ4v) is 2.78. The number of halogens is 1. The first kappa shape index (κ1) is 11.7. The van der Waals surface area contributed by atoms with E-state index in [1.54, 1.807) is 12.1 Å². The Morgan fingerprint density at radius 1 is 1.38 bits per heavy atom. The van der Waals surface area contributed by atoms with Crippen LogP contribution in [0.4, 0.5) is 0 Å². The highest BCUT2D eigenvalue weighted by Crippen LogP contribution is 2.26. The van der Waals surface area contributed by atoms with E-state index >= 15 is 0 Å². The maximum atomic E-state index is 9.35. The van der Waals surface area contributed by atoms with Gasteiger partial charge in [0.05, 0.1) is 0 Å². The molecule has 16 heavy (non-hydrogen) atoms. The molecule has 0 aromatic heterocycles. The molecule has 88 valence electrons. The van der Waals surface area contributed by atoms with E-state index in [1.165, 1.54) is 19.3 Å². The van der Waals surface area contributed by atoms with E-state index in [2.05, 4.69) is 5.32 Å². The molecule has 2 atom stereocenters. The Morgan fingerprint density at radius 2 is 2.25 bits per heavy atom. The summed E-state index contributed by atoms with van der Waals surface area (Å²) >= 11 is 5.93. The van der Waals surface area contributed by atoms with E-state index in [0.29, 0.717) is 17.7 Å². The minimum absolute atomic E-state index is 0.333. The molecule has 0 spiro atoms. The van der Waals surface area contributed by atoms with Gasteiger partial charge in [0.15, 0.2) is 0 Å².